The van der Waals surface area contributed by atoms with E-state index in [2.05, 4.69) is 34.7 Å². The second-order valence-corrected chi connectivity index (χ2v) is 6.31. The second-order valence-electron chi connectivity index (χ2n) is 6.31. The van der Waals surface area contributed by atoms with Crippen molar-refractivity contribution in [3.63, 3.8) is 0 Å². The minimum atomic E-state index is 0. The molecule has 2 N–H and O–H groups in total. The first kappa shape index (κ1) is 17.5. The summed E-state index contributed by atoms with van der Waals surface area (Å²) in [5.74, 6) is 0.447. The lowest BCUT2D eigenvalue weighted by Crippen LogP contribution is -2.26. The molecule has 0 saturated carbocycles. The molecule has 0 spiro atoms. The van der Waals surface area contributed by atoms with E-state index >= 15 is 0 Å². The molecule has 2 aromatic carbocycles. The monoisotopic (exact) mass is 355 g/mol. The van der Waals surface area contributed by atoms with E-state index in [0.29, 0.717) is 5.92 Å². The van der Waals surface area contributed by atoms with Gasteiger partial charge in [-0.3, -0.25) is 0 Å². The highest BCUT2D eigenvalue weighted by molar-refractivity contribution is 5.85. The molecule has 1 aliphatic heterocycles. The molecule has 1 aliphatic rings. The first-order valence-corrected chi connectivity index (χ1v) is 8.46. The lowest BCUT2D eigenvalue weighted by molar-refractivity contribution is 0.153. The molecule has 25 heavy (non-hydrogen) atoms. The summed E-state index contributed by atoms with van der Waals surface area (Å²) >= 11 is 0. The van der Waals surface area contributed by atoms with Crippen LogP contribution in [0.2, 0.25) is 0 Å². The minimum Gasteiger partial charge on any atom is -0.411 e. The molecule has 130 valence electrons. The van der Waals surface area contributed by atoms with Gasteiger partial charge in [-0.2, -0.15) is 0 Å². The molecular formula is C20H22ClN3O. The van der Waals surface area contributed by atoms with Crippen molar-refractivity contribution >= 4 is 12.4 Å². The van der Waals surface area contributed by atoms with Gasteiger partial charge < -0.3 is 10.5 Å². The maximum absolute atomic E-state index is 10.3. The third kappa shape index (κ3) is 3.55. The zero-order valence-electron chi connectivity index (χ0n) is 13.9. The quantitative estimate of drug-likeness (QED) is 0.687. The summed E-state index contributed by atoms with van der Waals surface area (Å²) in [5.41, 5.74) is 5.28. The number of halogens is 1. The highest BCUT2D eigenvalue weighted by Crippen LogP contribution is 2.35. The van der Waals surface area contributed by atoms with Crippen molar-refractivity contribution in [2.45, 2.75) is 18.8 Å². The van der Waals surface area contributed by atoms with Gasteiger partial charge in [0, 0.05) is 11.1 Å². The SMILES string of the molecule is Cl.On1ncc(C2CCNCC2)c1-c1cccc(-c2ccccc2)c1. The number of nitrogens with one attached hydrogen (secondary N) is 1. The summed E-state index contributed by atoms with van der Waals surface area (Å²) in [7, 11) is 0. The maximum atomic E-state index is 10.3. The number of piperidine rings is 1. The van der Waals surface area contributed by atoms with Crippen LogP contribution in [-0.2, 0) is 0 Å². The molecule has 0 amide bonds. The molecule has 2 heterocycles. The minimum absolute atomic E-state index is 0. The fourth-order valence-corrected chi connectivity index (χ4v) is 3.54. The normalized spacial score (nSPS) is 14.9. The van der Waals surface area contributed by atoms with Gasteiger partial charge in [0.15, 0.2) is 0 Å². The van der Waals surface area contributed by atoms with Gasteiger partial charge in [0.05, 0.1) is 6.20 Å². The number of hydrogen-bond donors (Lipinski definition) is 2. The molecule has 4 nitrogen and oxygen atoms in total. The standard InChI is InChI=1S/C20H21N3O.ClH/c24-23-20(19(14-22-23)16-9-11-21-12-10-16)18-8-4-7-17(13-18)15-5-2-1-3-6-15;/h1-8,13-14,16,21,24H,9-12H2;1H. The highest BCUT2D eigenvalue weighted by Gasteiger charge is 2.23. The average Bonchev–Trinajstić information content (AvgIpc) is 3.05. The van der Waals surface area contributed by atoms with Gasteiger partial charge in [0.25, 0.3) is 0 Å². The van der Waals surface area contributed by atoms with Crippen LogP contribution < -0.4 is 5.32 Å². The van der Waals surface area contributed by atoms with Gasteiger partial charge in [0.1, 0.15) is 5.69 Å². The van der Waals surface area contributed by atoms with Crippen molar-refractivity contribution in [2.75, 3.05) is 13.1 Å². The fraction of sp³-hybridized carbons (Fsp3) is 0.250. The molecule has 0 aliphatic carbocycles. The molecule has 3 aromatic rings. The summed E-state index contributed by atoms with van der Waals surface area (Å²) in [6.45, 7) is 2.04. The van der Waals surface area contributed by atoms with E-state index in [4.69, 9.17) is 0 Å². The molecule has 1 saturated heterocycles. The Morgan fingerprint density at radius 3 is 2.36 bits per heavy atom. The Morgan fingerprint density at radius 1 is 0.920 bits per heavy atom. The van der Waals surface area contributed by atoms with Crippen LogP contribution in [0.1, 0.15) is 24.3 Å². The van der Waals surface area contributed by atoms with Crippen molar-refractivity contribution in [3.8, 4) is 22.4 Å². The summed E-state index contributed by atoms with van der Waals surface area (Å²) in [5, 5.41) is 17.8. The number of aromatic nitrogens is 2. The van der Waals surface area contributed by atoms with Crippen molar-refractivity contribution in [1.29, 1.82) is 0 Å². The van der Waals surface area contributed by atoms with E-state index in [1.54, 1.807) is 0 Å². The highest BCUT2D eigenvalue weighted by atomic mass is 35.5. The third-order valence-corrected chi connectivity index (χ3v) is 4.80. The van der Waals surface area contributed by atoms with Gasteiger partial charge in [0.2, 0.25) is 0 Å². The largest absolute Gasteiger partial charge is 0.411 e. The summed E-state index contributed by atoms with van der Waals surface area (Å²) in [4.78, 5) is 1.03. The van der Waals surface area contributed by atoms with Gasteiger partial charge in [-0.1, -0.05) is 48.5 Å². The Labute approximate surface area is 153 Å². The van der Waals surface area contributed by atoms with Crippen LogP contribution in [-0.4, -0.2) is 28.2 Å². The smallest absolute Gasteiger partial charge is 0.113 e. The molecule has 4 rings (SSSR count). The van der Waals surface area contributed by atoms with E-state index in [-0.39, 0.29) is 12.4 Å². The third-order valence-electron chi connectivity index (χ3n) is 4.80. The van der Waals surface area contributed by atoms with Gasteiger partial charge in [-0.15, -0.1) is 22.4 Å². The second kappa shape index (κ2) is 7.72. The van der Waals surface area contributed by atoms with Crippen molar-refractivity contribution in [2.24, 2.45) is 0 Å². The van der Waals surface area contributed by atoms with E-state index in [1.165, 1.54) is 5.56 Å². The first-order valence-electron chi connectivity index (χ1n) is 8.46. The van der Waals surface area contributed by atoms with Gasteiger partial charge in [-0.25, -0.2) is 0 Å². The number of rotatable bonds is 3. The molecular weight excluding hydrogens is 334 g/mol. The van der Waals surface area contributed by atoms with Crippen LogP contribution in [0.25, 0.3) is 22.4 Å². The molecule has 0 bridgehead atoms. The van der Waals surface area contributed by atoms with E-state index in [0.717, 1.165) is 53.2 Å². The summed E-state index contributed by atoms with van der Waals surface area (Å²) in [6.07, 6.45) is 3.98. The van der Waals surface area contributed by atoms with Crippen LogP contribution in [0, 0.1) is 0 Å². The topological polar surface area (TPSA) is 50.1 Å². The predicted octanol–water partition coefficient (Wildman–Crippen LogP) is 4.34. The van der Waals surface area contributed by atoms with Crippen LogP contribution in [0.4, 0.5) is 0 Å². The lowest BCUT2D eigenvalue weighted by atomic mass is 9.88. The predicted molar refractivity (Wildman–Crippen MR) is 102 cm³/mol. The molecule has 1 aromatic heterocycles. The van der Waals surface area contributed by atoms with E-state index in [9.17, 15) is 5.21 Å². The van der Waals surface area contributed by atoms with Gasteiger partial charge >= 0.3 is 0 Å². The fourth-order valence-electron chi connectivity index (χ4n) is 3.54. The average molecular weight is 356 g/mol. The van der Waals surface area contributed by atoms with Crippen LogP contribution >= 0.6 is 12.4 Å². The first-order chi connectivity index (χ1) is 11.8. The van der Waals surface area contributed by atoms with Gasteiger partial charge in [-0.05, 0) is 49.0 Å². The lowest BCUT2D eigenvalue weighted by Gasteiger charge is -2.22. The van der Waals surface area contributed by atoms with E-state index < -0.39 is 0 Å². The Balaban J connectivity index is 0.00000182. The van der Waals surface area contributed by atoms with E-state index in [1.807, 2.05) is 36.5 Å². The molecule has 1 fully saturated rings. The summed E-state index contributed by atoms with van der Waals surface area (Å²) < 4.78 is 0. The Kier molecular flexibility index (Phi) is 5.41. The molecule has 5 heteroatoms. The Bertz CT molecular complexity index is 826. The maximum Gasteiger partial charge on any atom is 0.113 e. The number of hydrogen-bond acceptors (Lipinski definition) is 3. The summed E-state index contributed by atoms with van der Waals surface area (Å²) in [6, 6.07) is 18.6. The Morgan fingerprint density at radius 2 is 1.60 bits per heavy atom. The number of nitrogens with zero attached hydrogens (tertiary/aromatic N) is 2. The molecule has 0 radical (unpaired) electrons. The number of benzene rings is 2. The van der Waals surface area contributed by atoms with Crippen LogP contribution in [0.3, 0.4) is 0 Å². The Hall–Kier alpha value is -2.30. The van der Waals surface area contributed by atoms with Crippen molar-refractivity contribution in [1.82, 2.24) is 15.3 Å². The van der Waals surface area contributed by atoms with Crippen LogP contribution in [0.15, 0.2) is 60.8 Å². The molecule has 0 unspecified atom stereocenters. The van der Waals surface area contributed by atoms with Crippen molar-refractivity contribution in [3.05, 3.63) is 66.4 Å². The molecule has 0 atom stereocenters. The zero-order valence-corrected chi connectivity index (χ0v) is 14.7. The van der Waals surface area contributed by atoms with Crippen molar-refractivity contribution < 1.29 is 5.21 Å². The zero-order chi connectivity index (χ0) is 16.4. The van der Waals surface area contributed by atoms with Crippen LogP contribution in [0.5, 0.6) is 0 Å².